The van der Waals surface area contributed by atoms with E-state index in [-0.39, 0.29) is 30.0 Å². The van der Waals surface area contributed by atoms with Gasteiger partial charge in [-0.2, -0.15) is 0 Å². The third-order valence-corrected chi connectivity index (χ3v) is 4.98. The number of ether oxygens (including phenoxy) is 1. The summed E-state index contributed by atoms with van der Waals surface area (Å²) in [6, 6.07) is 10.1. The lowest BCUT2D eigenvalue weighted by molar-refractivity contribution is -0.153. The minimum Gasteiger partial charge on any atom is -0.479 e. The first-order valence-corrected chi connectivity index (χ1v) is 10.1. The van der Waals surface area contributed by atoms with E-state index in [9.17, 15) is 14.7 Å². The number of furan rings is 1. The van der Waals surface area contributed by atoms with Crippen LogP contribution in [0.15, 0.2) is 47.1 Å². The van der Waals surface area contributed by atoms with Crippen molar-refractivity contribution in [2.24, 2.45) is 0 Å². The first-order valence-electron chi connectivity index (χ1n) is 9.35. The van der Waals surface area contributed by atoms with E-state index in [0.717, 1.165) is 16.5 Å². The SMILES string of the molecule is CC(C)OC(Cc1cc(CNC(=O)c2ccc(Cl)cc2Cl)c2occc2c1)C(=O)O. The number of amides is 1. The molecule has 8 heteroatoms. The molecular weight excluding hydrogens is 429 g/mol. The lowest BCUT2D eigenvalue weighted by atomic mass is 10.0. The molecule has 0 saturated heterocycles. The third-order valence-electron chi connectivity index (χ3n) is 4.44. The Labute approximate surface area is 183 Å². The molecule has 6 nitrogen and oxygen atoms in total. The number of benzene rings is 2. The highest BCUT2D eigenvalue weighted by Gasteiger charge is 2.21. The van der Waals surface area contributed by atoms with E-state index in [1.165, 1.54) is 6.07 Å². The summed E-state index contributed by atoms with van der Waals surface area (Å²) in [5, 5.41) is 13.8. The summed E-state index contributed by atoms with van der Waals surface area (Å²) in [6.45, 7) is 3.76. The molecule has 1 atom stereocenters. The number of carbonyl (C=O) groups excluding carboxylic acids is 1. The average molecular weight is 450 g/mol. The van der Waals surface area contributed by atoms with E-state index in [4.69, 9.17) is 32.4 Å². The molecule has 0 radical (unpaired) electrons. The van der Waals surface area contributed by atoms with E-state index >= 15 is 0 Å². The molecule has 1 unspecified atom stereocenters. The molecular formula is C22H21Cl2NO5. The summed E-state index contributed by atoms with van der Waals surface area (Å²) in [7, 11) is 0. The fourth-order valence-electron chi connectivity index (χ4n) is 3.15. The fourth-order valence-corrected chi connectivity index (χ4v) is 3.65. The van der Waals surface area contributed by atoms with Crippen LogP contribution in [0, 0.1) is 0 Å². The molecule has 0 spiro atoms. The summed E-state index contributed by atoms with van der Waals surface area (Å²) in [5.41, 5.74) is 2.42. The molecule has 0 aliphatic rings. The van der Waals surface area contributed by atoms with Crippen LogP contribution in [0.5, 0.6) is 0 Å². The zero-order chi connectivity index (χ0) is 21.8. The molecule has 2 aromatic carbocycles. The van der Waals surface area contributed by atoms with E-state index in [0.29, 0.717) is 16.2 Å². The minimum absolute atomic E-state index is 0.179. The van der Waals surface area contributed by atoms with Gasteiger partial charge in [0.2, 0.25) is 0 Å². The lowest BCUT2D eigenvalue weighted by Gasteiger charge is -2.17. The molecule has 0 aliphatic heterocycles. The van der Waals surface area contributed by atoms with Gasteiger partial charge in [-0.15, -0.1) is 0 Å². The van der Waals surface area contributed by atoms with E-state index in [1.54, 1.807) is 38.3 Å². The lowest BCUT2D eigenvalue weighted by Crippen LogP contribution is -2.29. The second-order valence-electron chi connectivity index (χ2n) is 7.12. The number of carboxylic acids is 1. The molecule has 3 aromatic rings. The number of hydrogen-bond acceptors (Lipinski definition) is 4. The van der Waals surface area contributed by atoms with Gasteiger partial charge in [0.25, 0.3) is 5.91 Å². The van der Waals surface area contributed by atoms with Crippen molar-refractivity contribution in [2.45, 2.75) is 39.0 Å². The standard InChI is InChI=1S/C22H21Cl2NO5/c1-12(2)30-19(22(27)28)9-13-7-14-5-6-29-20(14)15(8-13)11-25-21(26)17-4-3-16(23)10-18(17)24/h3-8,10,12,19H,9,11H2,1-2H3,(H,25,26)(H,27,28). The van der Waals surface area contributed by atoms with Gasteiger partial charge in [-0.3, -0.25) is 4.79 Å². The van der Waals surface area contributed by atoms with E-state index in [2.05, 4.69) is 5.32 Å². The van der Waals surface area contributed by atoms with Crippen molar-refractivity contribution in [2.75, 3.05) is 0 Å². The van der Waals surface area contributed by atoms with E-state index in [1.807, 2.05) is 12.1 Å². The van der Waals surface area contributed by atoms with Crippen molar-refractivity contribution in [3.8, 4) is 0 Å². The van der Waals surface area contributed by atoms with Crippen LogP contribution in [0.2, 0.25) is 10.0 Å². The van der Waals surface area contributed by atoms with Crippen molar-refractivity contribution >= 4 is 46.0 Å². The zero-order valence-electron chi connectivity index (χ0n) is 16.4. The molecule has 1 amide bonds. The summed E-state index contributed by atoms with van der Waals surface area (Å²) in [4.78, 5) is 24.1. The molecule has 0 fully saturated rings. The van der Waals surface area contributed by atoms with Crippen LogP contribution in [0.25, 0.3) is 11.0 Å². The molecule has 158 valence electrons. The Morgan fingerprint density at radius 1 is 1.17 bits per heavy atom. The normalized spacial score (nSPS) is 12.3. The van der Waals surface area contributed by atoms with Gasteiger partial charge in [-0.1, -0.05) is 29.3 Å². The molecule has 30 heavy (non-hydrogen) atoms. The van der Waals surface area contributed by atoms with E-state index < -0.39 is 12.1 Å². The maximum Gasteiger partial charge on any atom is 0.333 e. The van der Waals surface area contributed by atoms with Crippen LogP contribution in [0.4, 0.5) is 0 Å². The Kier molecular flexibility index (Phi) is 7.02. The summed E-state index contributed by atoms with van der Waals surface area (Å²) >= 11 is 12.0. The number of nitrogens with one attached hydrogen (secondary N) is 1. The molecule has 2 N–H and O–H groups in total. The fraction of sp³-hybridized carbons (Fsp3) is 0.273. The highest BCUT2D eigenvalue weighted by Crippen LogP contribution is 2.25. The van der Waals surface area contributed by atoms with Gasteiger partial charge in [-0.25, -0.2) is 4.79 Å². The quantitative estimate of drug-likeness (QED) is 0.499. The van der Waals surface area contributed by atoms with Crippen molar-refractivity contribution < 1.29 is 23.8 Å². The Hall–Kier alpha value is -2.54. The van der Waals surface area contributed by atoms with Crippen molar-refractivity contribution in [1.29, 1.82) is 0 Å². The highest BCUT2D eigenvalue weighted by atomic mass is 35.5. The second kappa shape index (κ2) is 9.51. The number of hydrogen-bond donors (Lipinski definition) is 2. The van der Waals surface area contributed by atoms with Crippen LogP contribution in [0.1, 0.15) is 35.3 Å². The van der Waals surface area contributed by atoms with Gasteiger partial charge in [0, 0.05) is 28.9 Å². The Balaban J connectivity index is 1.82. The molecule has 3 rings (SSSR count). The van der Waals surface area contributed by atoms with Crippen molar-refractivity contribution in [3.05, 3.63) is 69.4 Å². The maximum atomic E-state index is 12.5. The van der Waals surface area contributed by atoms with Crippen LogP contribution in [-0.2, 0) is 22.5 Å². The zero-order valence-corrected chi connectivity index (χ0v) is 18.0. The topological polar surface area (TPSA) is 88.8 Å². The molecule has 1 aromatic heterocycles. The van der Waals surface area contributed by atoms with Gasteiger partial charge >= 0.3 is 5.97 Å². The van der Waals surface area contributed by atoms with Gasteiger partial charge in [0.05, 0.1) is 23.0 Å². The number of rotatable bonds is 8. The summed E-state index contributed by atoms with van der Waals surface area (Å²) in [5.74, 6) is -1.38. The average Bonchev–Trinajstić information content (AvgIpc) is 3.13. The number of carboxylic acid groups (broad SMARTS) is 1. The Morgan fingerprint density at radius 3 is 2.60 bits per heavy atom. The van der Waals surface area contributed by atoms with Crippen LogP contribution >= 0.6 is 23.2 Å². The molecule has 1 heterocycles. The smallest absolute Gasteiger partial charge is 0.333 e. The van der Waals surface area contributed by atoms with Gasteiger partial charge < -0.3 is 19.6 Å². The van der Waals surface area contributed by atoms with Gasteiger partial charge in [0.15, 0.2) is 6.10 Å². The number of carbonyl (C=O) groups is 2. The molecule has 0 saturated carbocycles. The van der Waals surface area contributed by atoms with Crippen molar-refractivity contribution in [3.63, 3.8) is 0 Å². The van der Waals surface area contributed by atoms with Gasteiger partial charge in [-0.05, 0) is 49.7 Å². The van der Waals surface area contributed by atoms with Gasteiger partial charge in [0.1, 0.15) is 5.58 Å². The largest absolute Gasteiger partial charge is 0.479 e. The van der Waals surface area contributed by atoms with Crippen LogP contribution in [-0.4, -0.2) is 29.2 Å². The first kappa shape index (κ1) is 22.2. The maximum absolute atomic E-state index is 12.5. The Morgan fingerprint density at radius 2 is 1.93 bits per heavy atom. The Bertz CT molecular complexity index is 1080. The second-order valence-corrected chi connectivity index (χ2v) is 7.96. The van der Waals surface area contributed by atoms with Crippen LogP contribution < -0.4 is 5.32 Å². The predicted molar refractivity (Wildman–Crippen MR) is 115 cm³/mol. The number of aliphatic carboxylic acids is 1. The number of halogens is 2. The monoisotopic (exact) mass is 449 g/mol. The third kappa shape index (κ3) is 5.33. The summed E-state index contributed by atoms with van der Waals surface area (Å²) in [6.07, 6.45) is 0.560. The number of fused-ring (bicyclic) bond motifs is 1. The summed E-state index contributed by atoms with van der Waals surface area (Å²) < 4.78 is 11.1. The predicted octanol–water partition coefficient (Wildman–Crippen LogP) is 5.09. The minimum atomic E-state index is -1.02. The molecule has 0 aliphatic carbocycles. The van der Waals surface area contributed by atoms with Crippen molar-refractivity contribution in [1.82, 2.24) is 5.32 Å². The molecule has 0 bridgehead atoms. The first-order chi connectivity index (χ1) is 14.2. The highest BCUT2D eigenvalue weighted by molar-refractivity contribution is 6.36. The van der Waals surface area contributed by atoms with Crippen LogP contribution in [0.3, 0.4) is 0 Å².